The van der Waals surface area contributed by atoms with Crippen LogP contribution in [-0.4, -0.2) is 43.4 Å². The highest BCUT2D eigenvalue weighted by Crippen LogP contribution is 2.26. The molecular formula is C6H10N3O4S. The average Bonchev–Trinajstić information content (AvgIpc) is 2.23. The molecule has 1 rings (SSSR count). The molecule has 1 saturated heterocycles. The maximum Gasteiger partial charge on any atom is 0.237 e. The fraction of sp³-hybridized carbons (Fsp3) is 0.500. The summed E-state index contributed by atoms with van der Waals surface area (Å²) in [4.78, 5) is 21.7. The van der Waals surface area contributed by atoms with E-state index in [1.165, 1.54) is 7.05 Å². The van der Waals surface area contributed by atoms with Crippen molar-refractivity contribution in [2.45, 2.75) is 6.04 Å². The molecule has 1 aliphatic heterocycles. The van der Waals surface area contributed by atoms with Gasteiger partial charge in [-0.15, -0.1) is 0 Å². The Labute approximate surface area is 81.1 Å². The lowest BCUT2D eigenvalue weighted by Gasteiger charge is -2.16. The van der Waals surface area contributed by atoms with E-state index >= 15 is 0 Å². The smallest absolute Gasteiger partial charge is 0.237 e. The number of hydrogen-bond donors (Lipinski definition) is 2. The molecule has 0 aliphatic carbocycles. The lowest BCUT2D eigenvalue weighted by Crippen LogP contribution is -2.45. The number of sulfonamides is 1. The number of rotatable bonds is 2. The molecule has 0 saturated carbocycles. The molecule has 1 unspecified atom stereocenters. The molecule has 4 N–H and O–H groups in total. The summed E-state index contributed by atoms with van der Waals surface area (Å²) in [6, 6.07) is -1.24. The van der Waals surface area contributed by atoms with E-state index < -0.39 is 33.6 Å². The minimum absolute atomic E-state index is 0.181. The van der Waals surface area contributed by atoms with Crippen molar-refractivity contribution < 1.29 is 18.0 Å². The molecule has 1 fully saturated rings. The molecule has 0 bridgehead atoms. The number of nitrogens with two attached hydrogens (primary N) is 2. The van der Waals surface area contributed by atoms with Crippen LogP contribution in [0, 0.1) is 5.92 Å². The van der Waals surface area contributed by atoms with Gasteiger partial charge in [0.15, 0.2) is 0 Å². The van der Waals surface area contributed by atoms with E-state index in [1.54, 1.807) is 0 Å². The molecule has 2 amide bonds. The Balaban J connectivity index is 3.12. The third kappa shape index (κ3) is 1.58. The molecule has 8 heteroatoms. The maximum absolute atomic E-state index is 11.3. The van der Waals surface area contributed by atoms with Crippen LogP contribution in [0.1, 0.15) is 0 Å². The van der Waals surface area contributed by atoms with Gasteiger partial charge in [-0.1, -0.05) is 0 Å². The van der Waals surface area contributed by atoms with Gasteiger partial charge >= 0.3 is 0 Å². The van der Waals surface area contributed by atoms with Crippen LogP contribution in [0.3, 0.4) is 0 Å². The third-order valence-corrected chi connectivity index (χ3v) is 3.82. The van der Waals surface area contributed by atoms with Crippen molar-refractivity contribution in [1.29, 1.82) is 0 Å². The van der Waals surface area contributed by atoms with E-state index in [0.29, 0.717) is 0 Å². The largest absolute Gasteiger partial charge is 0.369 e. The number of carbonyl (C=O) groups excluding carboxylic acids is 2. The molecular weight excluding hydrogens is 210 g/mol. The van der Waals surface area contributed by atoms with Crippen molar-refractivity contribution in [3.05, 3.63) is 5.92 Å². The summed E-state index contributed by atoms with van der Waals surface area (Å²) in [7, 11) is -2.44. The van der Waals surface area contributed by atoms with Crippen LogP contribution in [0.2, 0.25) is 0 Å². The molecule has 1 radical (unpaired) electrons. The topological polar surface area (TPSA) is 124 Å². The van der Waals surface area contributed by atoms with Crippen LogP contribution < -0.4 is 11.5 Å². The Kier molecular flexibility index (Phi) is 2.50. The van der Waals surface area contributed by atoms with Crippen LogP contribution in [-0.2, 0) is 19.6 Å². The van der Waals surface area contributed by atoms with Crippen molar-refractivity contribution in [2.75, 3.05) is 12.8 Å². The summed E-state index contributed by atoms with van der Waals surface area (Å²) in [5.41, 5.74) is 9.90. The van der Waals surface area contributed by atoms with Crippen LogP contribution in [0.25, 0.3) is 0 Å². The zero-order chi connectivity index (χ0) is 11.1. The zero-order valence-corrected chi connectivity index (χ0v) is 8.24. The van der Waals surface area contributed by atoms with Gasteiger partial charge in [-0.3, -0.25) is 9.59 Å². The molecule has 1 heterocycles. The summed E-state index contributed by atoms with van der Waals surface area (Å²) in [5.74, 6) is -2.53. The molecule has 1 aliphatic rings. The Bertz CT molecular complexity index is 377. The summed E-state index contributed by atoms with van der Waals surface area (Å²) in [6.07, 6.45) is 0. The van der Waals surface area contributed by atoms with Gasteiger partial charge in [-0.25, -0.2) is 8.42 Å². The van der Waals surface area contributed by atoms with Gasteiger partial charge in [0.05, 0.1) is 5.75 Å². The third-order valence-electron chi connectivity index (χ3n) is 2.06. The van der Waals surface area contributed by atoms with Crippen molar-refractivity contribution in [3.63, 3.8) is 0 Å². The predicted molar refractivity (Wildman–Crippen MR) is 47.0 cm³/mol. The van der Waals surface area contributed by atoms with Crippen molar-refractivity contribution >= 4 is 21.8 Å². The first kappa shape index (κ1) is 10.9. The molecule has 7 nitrogen and oxygen atoms in total. The van der Waals surface area contributed by atoms with E-state index in [9.17, 15) is 18.0 Å². The second-order valence-electron chi connectivity index (χ2n) is 2.97. The van der Waals surface area contributed by atoms with Crippen molar-refractivity contribution in [2.24, 2.45) is 11.5 Å². The van der Waals surface area contributed by atoms with Gasteiger partial charge in [-0.05, 0) is 0 Å². The number of nitrogens with zero attached hydrogens (tertiary/aromatic N) is 1. The van der Waals surface area contributed by atoms with Crippen molar-refractivity contribution in [3.8, 4) is 0 Å². The predicted octanol–water partition coefficient (Wildman–Crippen LogP) is -2.82. The first-order valence-corrected chi connectivity index (χ1v) is 5.29. The quantitative estimate of drug-likeness (QED) is 0.520. The minimum atomic E-state index is -3.62. The van der Waals surface area contributed by atoms with E-state index in [0.717, 1.165) is 4.31 Å². The number of likely N-dealkylation sites (N-methyl/N-ethyl adjacent to an activating group) is 1. The molecule has 14 heavy (non-hydrogen) atoms. The summed E-state index contributed by atoms with van der Waals surface area (Å²) in [5, 5.41) is 0. The van der Waals surface area contributed by atoms with Gasteiger partial charge in [0.2, 0.25) is 21.8 Å². The van der Waals surface area contributed by atoms with Gasteiger partial charge in [0.25, 0.3) is 0 Å². The summed E-state index contributed by atoms with van der Waals surface area (Å²) in [6.45, 7) is 0. The zero-order valence-electron chi connectivity index (χ0n) is 7.43. The highest BCUT2D eigenvalue weighted by atomic mass is 32.2. The first-order valence-electron chi connectivity index (χ1n) is 3.68. The van der Waals surface area contributed by atoms with Gasteiger partial charge in [-0.2, -0.15) is 4.31 Å². The molecule has 0 spiro atoms. The number of hydrogen-bond acceptors (Lipinski definition) is 4. The highest BCUT2D eigenvalue weighted by molar-refractivity contribution is 7.89. The number of amides is 2. The molecule has 0 aromatic rings. The van der Waals surface area contributed by atoms with E-state index in [4.69, 9.17) is 11.5 Å². The Morgan fingerprint density at radius 3 is 2.21 bits per heavy atom. The van der Waals surface area contributed by atoms with Crippen LogP contribution in [0.5, 0.6) is 0 Å². The second-order valence-corrected chi connectivity index (χ2v) is 5.00. The Hall–Kier alpha value is -1.15. The summed E-state index contributed by atoms with van der Waals surface area (Å²) >= 11 is 0. The van der Waals surface area contributed by atoms with E-state index in [2.05, 4.69) is 0 Å². The Morgan fingerprint density at radius 2 is 1.93 bits per heavy atom. The first-order chi connectivity index (χ1) is 6.27. The van der Waals surface area contributed by atoms with Gasteiger partial charge < -0.3 is 11.5 Å². The molecule has 79 valence electrons. The maximum atomic E-state index is 11.3. The molecule has 1 atom stereocenters. The SMILES string of the molecule is CN1C(C(N)=O)[C](C(N)=O)CS1(=O)=O. The second kappa shape index (κ2) is 3.21. The highest BCUT2D eigenvalue weighted by Gasteiger charge is 2.49. The number of carbonyl (C=O) groups is 2. The standard InChI is InChI=1S/C6H10N3O4S/c1-9-4(6(8)11)3(5(7)10)2-14(9,12)13/h4H,2H2,1H3,(H2,7,10)(H2,8,11). The van der Waals surface area contributed by atoms with Gasteiger partial charge in [0, 0.05) is 7.05 Å². The Morgan fingerprint density at radius 1 is 1.43 bits per heavy atom. The van der Waals surface area contributed by atoms with Crippen molar-refractivity contribution in [1.82, 2.24) is 4.31 Å². The fourth-order valence-corrected chi connectivity index (χ4v) is 2.76. The lowest BCUT2D eigenvalue weighted by atomic mass is 10.0. The monoisotopic (exact) mass is 220 g/mol. The normalized spacial score (nSPS) is 27.6. The van der Waals surface area contributed by atoms with E-state index in [1.807, 2.05) is 0 Å². The number of primary amides is 2. The van der Waals surface area contributed by atoms with Crippen LogP contribution >= 0.6 is 0 Å². The minimum Gasteiger partial charge on any atom is -0.369 e. The summed E-state index contributed by atoms with van der Waals surface area (Å²) < 4.78 is 23.3. The van der Waals surface area contributed by atoms with E-state index in [-0.39, 0.29) is 5.92 Å². The molecule has 0 aromatic carbocycles. The lowest BCUT2D eigenvalue weighted by molar-refractivity contribution is -0.124. The fourth-order valence-electron chi connectivity index (χ4n) is 1.31. The molecule has 0 aromatic heterocycles. The van der Waals surface area contributed by atoms with Crippen LogP contribution in [0.4, 0.5) is 0 Å². The average molecular weight is 220 g/mol. The van der Waals surface area contributed by atoms with Crippen LogP contribution in [0.15, 0.2) is 0 Å². The van der Waals surface area contributed by atoms with Gasteiger partial charge in [0.1, 0.15) is 12.0 Å².